The van der Waals surface area contributed by atoms with E-state index in [1.54, 1.807) is 0 Å². The maximum atomic E-state index is 12.1. The first-order valence-corrected chi connectivity index (χ1v) is 8.30. The molecule has 4 unspecified atom stereocenters. The van der Waals surface area contributed by atoms with Crippen LogP contribution in [0.25, 0.3) is 0 Å². The van der Waals surface area contributed by atoms with Crippen molar-refractivity contribution in [3.8, 4) is 0 Å². The minimum Gasteiger partial charge on any atom is -0.444 e. The Kier molecular flexibility index (Phi) is 4.38. The molecule has 2 aliphatic rings. The molecule has 2 heterocycles. The lowest BCUT2D eigenvalue weighted by atomic mass is 9.71. The molecule has 1 aromatic heterocycles. The average Bonchev–Trinajstić information content (AvgIpc) is 3.02. The second-order valence-electron chi connectivity index (χ2n) is 7.48. The van der Waals surface area contributed by atoms with Crippen LogP contribution in [-0.2, 0) is 23.1 Å². The molecule has 0 aromatic carbocycles. The number of rotatable bonds is 4. The monoisotopic (exact) mass is 321 g/mol. The van der Waals surface area contributed by atoms with Gasteiger partial charge in [0.05, 0.1) is 18.2 Å². The molecule has 1 aliphatic heterocycles. The van der Waals surface area contributed by atoms with Crippen LogP contribution in [0.15, 0.2) is 18.3 Å². The summed E-state index contributed by atoms with van der Waals surface area (Å²) in [5.41, 5.74) is 0.730. The Labute approximate surface area is 137 Å². The Hall–Kier alpha value is -1.53. The van der Waals surface area contributed by atoms with E-state index in [9.17, 15) is 4.79 Å². The molecule has 0 radical (unpaired) electrons. The van der Waals surface area contributed by atoms with Gasteiger partial charge in [0, 0.05) is 38.0 Å². The Balaban J connectivity index is 1.59. The third-order valence-electron chi connectivity index (χ3n) is 4.64. The summed E-state index contributed by atoms with van der Waals surface area (Å²) >= 11 is 0. The summed E-state index contributed by atoms with van der Waals surface area (Å²) in [5, 5.41) is 6.56. The van der Waals surface area contributed by atoms with Gasteiger partial charge in [-0.15, -0.1) is 0 Å². The van der Waals surface area contributed by atoms with Crippen molar-refractivity contribution in [3.05, 3.63) is 24.0 Å². The minimum atomic E-state index is -0.481. The van der Waals surface area contributed by atoms with Gasteiger partial charge in [0.1, 0.15) is 5.60 Å². The number of nitrogens with one attached hydrogen (secondary N) is 2. The highest BCUT2D eigenvalue weighted by atomic mass is 16.6. The predicted octanol–water partition coefficient (Wildman–Crippen LogP) is 1.80. The van der Waals surface area contributed by atoms with E-state index >= 15 is 0 Å². The molecule has 1 aliphatic carbocycles. The van der Waals surface area contributed by atoms with Crippen molar-refractivity contribution >= 4 is 6.09 Å². The Morgan fingerprint density at radius 2 is 2.22 bits per heavy atom. The largest absolute Gasteiger partial charge is 0.444 e. The molecule has 1 saturated carbocycles. The van der Waals surface area contributed by atoms with Crippen LogP contribution in [0, 0.1) is 5.92 Å². The van der Waals surface area contributed by atoms with Crippen LogP contribution < -0.4 is 10.6 Å². The molecule has 3 rings (SSSR count). The second-order valence-corrected chi connectivity index (χ2v) is 7.48. The lowest BCUT2D eigenvalue weighted by molar-refractivity contribution is -0.0345. The van der Waals surface area contributed by atoms with Crippen molar-refractivity contribution in [1.82, 2.24) is 15.2 Å². The zero-order chi connectivity index (χ0) is 16.6. The maximum absolute atomic E-state index is 12.1. The van der Waals surface area contributed by atoms with Crippen LogP contribution in [0.5, 0.6) is 0 Å². The second kappa shape index (κ2) is 6.17. The van der Waals surface area contributed by atoms with E-state index in [2.05, 4.69) is 21.3 Å². The number of fused-ring (bicyclic) bond motifs is 1. The summed E-state index contributed by atoms with van der Waals surface area (Å²) in [7, 11) is 2.03. The zero-order valence-electron chi connectivity index (χ0n) is 14.3. The summed E-state index contributed by atoms with van der Waals surface area (Å²) < 4.78 is 13.3. The highest BCUT2D eigenvalue weighted by molar-refractivity contribution is 5.68. The average molecular weight is 321 g/mol. The molecule has 2 N–H and O–H groups in total. The number of hydrogen-bond acceptors (Lipinski definition) is 4. The fraction of sp³-hybridized carbons (Fsp3) is 0.706. The molecule has 1 aromatic rings. The Morgan fingerprint density at radius 3 is 2.87 bits per heavy atom. The van der Waals surface area contributed by atoms with Crippen molar-refractivity contribution in [2.24, 2.45) is 13.0 Å². The van der Waals surface area contributed by atoms with E-state index in [1.165, 1.54) is 5.69 Å². The van der Waals surface area contributed by atoms with Crippen molar-refractivity contribution in [3.63, 3.8) is 0 Å². The summed E-state index contributed by atoms with van der Waals surface area (Å²) in [6, 6.07) is 4.32. The first kappa shape index (κ1) is 16.3. The summed E-state index contributed by atoms with van der Waals surface area (Å²) in [6.45, 7) is 7.15. The van der Waals surface area contributed by atoms with Crippen molar-refractivity contribution in [2.45, 2.75) is 57.5 Å². The zero-order valence-corrected chi connectivity index (χ0v) is 14.3. The van der Waals surface area contributed by atoms with Gasteiger partial charge < -0.3 is 24.7 Å². The van der Waals surface area contributed by atoms with Gasteiger partial charge >= 0.3 is 6.09 Å². The van der Waals surface area contributed by atoms with Gasteiger partial charge in [-0.2, -0.15) is 0 Å². The van der Waals surface area contributed by atoms with E-state index in [0.29, 0.717) is 5.92 Å². The smallest absolute Gasteiger partial charge is 0.407 e. The standard InChI is InChI=1S/C17H27N3O3/c1-17(2,3)23-16(21)19-13-12-7-9-22-15(12)14(13)18-10-11-6-5-8-20(11)4/h5-6,8,12-15,18H,7,9-10H2,1-4H3,(H,19,21). The Morgan fingerprint density at radius 1 is 1.43 bits per heavy atom. The molecule has 4 atom stereocenters. The fourth-order valence-corrected chi connectivity index (χ4v) is 3.49. The lowest BCUT2D eigenvalue weighted by Crippen LogP contribution is -2.70. The van der Waals surface area contributed by atoms with Crippen LogP contribution in [0.1, 0.15) is 32.9 Å². The first-order valence-electron chi connectivity index (χ1n) is 8.30. The molecule has 6 nitrogen and oxygen atoms in total. The molecule has 0 spiro atoms. The SMILES string of the molecule is Cn1cccc1CNC1C(NC(=O)OC(C)(C)C)C2CCOC21. The van der Waals surface area contributed by atoms with Gasteiger partial charge in [-0.25, -0.2) is 4.79 Å². The number of alkyl carbamates (subject to hydrolysis) is 1. The maximum Gasteiger partial charge on any atom is 0.407 e. The van der Waals surface area contributed by atoms with Gasteiger partial charge in [0.15, 0.2) is 0 Å². The minimum absolute atomic E-state index is 0.0672. The van der Waals surface area contributed by atoms with Crippen molar-refractivity contribution < 1.29 is 14.3 Å². The van der Waals surface area contributed by atoms with Crippen molar-refractivity contribution in [1.29, 1.82) is 0 Å². The molecule has 1 saturated heterocycles. The van der Waals surface area contributed by atoms with Crippen LogP contribution in [0.3, 0.4) is 0 Å². The number of carbonyl (C=O) groups excluding carboxylic acids is 1. The first-order chi connectivity index (χ1) is 10.8. The van der Waals surface area contributed by atoms with Crippen LogP contribution in [0.2, 0.25) is 0 Å². The molecule has 6 heteroatoms. The van der Waals surface area contributed by atoms with E-state index < -0.39 is 5.60 Å². The van der Waals surface area contributed by atoms with Crippen LogP contribution in [0.4, 0.5) is 4.79 Å². The summed E-state index contributed by atoms with van der Waals surface area (Å²) in [4.78, 5) is 12.1. The van der Waals surface area contributed by atoms with E-state index in [4.69, 9.17) is 9.47 Å². The number of amides is 1. The van der Waals surface area contributed by atoms with Crippen molar-refractivity contribution in [2.75, 3.05) is 6.61 Å². The fourth-order valence-electron chi connectivity index (χ4n) is 3.49. The topological polar surface area (TPSA) is 64.5 Å². The molecular weight excluding hydrogens is 294 g/mol. The normalized spacial score (nSPS) is 29.7. The third-order valence-corrected chi connectivity index (χ3v) is 4.64. The third kappa shape index (κ3) is 3.53. The molecular formula is C17H27N3O3. The molecule has 1 amide bonds. The van der Waals surface area contributed by atoms with Gasteiger partial charge in [-0.3, -0.25) is 0 Å². The predicted molar refractivity (Wildman–Crippen MR) is 87.0 cm³/mol. The number of hydrogen-bond donors (Lipinski definition) is 2. The van der Waals surface area contributed by atoms with E-state index in [1.807, 2.05) is 40.1 Å². The van der Waals surface area contributed by atoms with Crippen LogP contribution in [-0.4, -0.2) is 41.1 Å². The number of carbonyl (C=O) groups is 1. The summed E-state index contributed by atoms with van der Waals surface area (Å²) in [6.07, 6.45) is 2.87. The highest BCUT2D eigenvalue weighted by Crippen LogP contribution is 2.39. The summed E-state index contributed by atoms with van der Waals surface area (Å²) in [5.74, 6) is 0.383. The Bertz CT molecular complexity index is 564. The molecule has 2 fully saturated rings. The molecule has 23 heavy (non-hydrogen) atoms. The van der Waals surface area contributed by atoms with E-state index in [0.717, 1.165) is 19.6 Å². The molecule has 128 valence electrons. The van der Waals surface area contributed by atoms with Gasteiger partial charge in [-0.1, -0.05) is 0 Å². The lowest BCUT2D eigenvalue weighted by Gasteiger charge is -2.48. The number of aryl methyl sites for hydroxylation is 1. The van der Waals surface area contributed by atoms with Crippen LogP contribution >= 0.6 is 0 Å². The van der Waals surface area contributed by atoms with Gasteiger partial charge in [0.25, 0.3) is 0 Å². The molecule has 0 bridgehead atoms. The highest BCUT2D eigenvalue weighted by Gasteiger charge is 2.54. The van der Waals surface area contributed by atoms with Gasteiger partial charge in [0.2, 0.25) is 0 Å². The number of nitrogens with zero attached hydrogens (tertiary/aromatic N) is 1. The van der Waals surface area contributed by atoms with E-state index in [-0.39, 0.29) is 24.3 Å². The quantitative estimate of drug-likeness (QED) is 0.887. The number of ether oxygens (including phenoxy) is 2. The number of aromatic nitrogens is 1. The van der Waals surface area contributed by atoms with Gasteiger partial charge in [-0.05, 0) is 39.3 Å².